The summed E-state index contributed by atoms with van der Waals surface area (Å²) < 4.78 is 25.0. The zero-order valence-electron chi connectivity index (χ0n) is 17.3. The molecule has 1 aliphatic heterocycles. The molecule has 0 aliphatic carbocycles. The lowest BCUT2D eigenvalue weighted by Crippen LogP contribution is -2.28. The number of hydrogen-bond donors (Lipinski definition) is 2. The number of fused-ring (bicyclic) bond motifs is 1. The van der Waals surface area contributed by atoms with E-state index in [0.29, 0.717) is 35.1 Å². The van der Waals surface area contributed by atoms with Crippen molar-refractivity contribution in [3.8, 4) is 11.5 Å². The van der Waals surface area contributed by atoms with Crippen molar-refractivity contribution >= 4 is 34.0 Å². The molecule has 0 spiro atoms. The molecule has 7 nitrogen and oxygen atoms in total. The number of rotatable bonds is 8. The van der Waals surface area contributed by atoms with Crippen LogP contribution in [-0.2, 0) is 0 Å². The molecule has 31 heavy (non-hydrogen) atoms. The van der Waals surface area contributed by atoms with E-state index in [1.807, 2.05) is 12.1 Å². The molecule has 2 aromatic carbocycles. The fraction of sp³-hybridized carbons (Fsp3) is 0.364. The molecule has 3 N–H and O–H groups in total. The fourth-order valence-electron chi connectivity index (χ4n) is 3.68. The van der Waals surface area contributed by atoms with Crippen LogP contribution in [0.1, 0.15) is 12.8 Å². The van der Waals surface area contributed by atoms with Crippen LogP contribution < -0.4 is 20.5 Å². The summed E-state index contributed by atoms with van der Waals surface area (Å²) in [7, 11) is 1.60. The molecule has 1 fully saturated rings. The summed E-state index contributed by atoms with van der Waals surface area (Å²) in [6.45, 7) is 3.49. The van der Waals surface area contributed by atoms with Crippen molar-refractivity contribution in [3.63, 3.8) is 0 Å². The first-order chi connectivity index (χ1) is 15.0. The first kappa shape index (κ1) is 21.5. The second-order valence-corrected chi connectivity index (χ2v) is 7.95. The van der Waals surface area contributed by atoms with Gasteiger partial charge in [0.15, 0.2) is 11.5 Å². The summed E-state index contributed by atoms with van der Waals surface area (Å²) in [4.78, 5) is 11.0. The predicted octanol–water partition coefficient (Wildman–Crippen LogP) is 3.98. The van der Waals surface area contributed by atoms with E-state index in [2.05, 4.69) is 20.2 Å². The molecular weight excluding hydrogens is 421 g/mol. The number of hydrogen-bond acceptors (Lipinski definition) is 7. The van der Waals surface area contributed by atoms with Crippen molar-refractivity contribution in [1.29, 1.82) is 0 Å². The Balaban J connectivity index is 1.51. The molecule has 0 amide bonds. The largest absolute Gasteiger partial charge is 0.493 e. The number of benzene rings is 2. The van der Waals surface area contributed by atoms with Gasteiger partial charge in [0.25, 0.3) is 0 Å². The molecule has 1 aromatic heterocycles. The van der Waals surface area contributed by atoms with Crippen molar-refractivity contribution in [3.05, 3.63) is 47.5 Å². The van der Waals surface area contributed by atoms with E-state index in [1.165, 1.54) is 18.5 Å². The topological polar surface area (TPSA) is 85.5 Å². The van der Waals surface area contributed by atoms with Crippen molar-refractivity contribution in [2.24, 2.45) is 5.73 Å². The summed E-state index contributed by atoms with van der Waals surface area (Å²) in [5.41, 5.74) is 7.28. The Hall–Kier alpha value is -2.68. The third kappa shape index (κ3) is 5.15. The van der Waals surface area contributed by atoms with Crippen LogP contribution in [0.5, 0.6) is 11.5 Å². The number of methoxy groups -OCH3 is 1. The normalized spacial score (nSPS) is 16.6. The van der Waals surface area contributed by atoms with Gasteiger partial charge in [-0.15, -0.1) is 0 Å². The van der Waals surface area contributed by atoms with Gasteiger partial charge in [0.1, 0.15) is 18.0 Å². The number of nitrogens with one attached hydrogen (secondary N) is 1. The monoisotopic (exact) mass is 445 g/mol. The number of likely N-dealkylation sites (tertiary alicyclic amines) is 1. The van der Waals surface area contributed by atoms with Gasteiger partial charge >= 0.3 is 0 Å². The van der Waals surface area contributed by atoms with Crippen LogP contribution in [0.25, 0.3) is 10.9 Å². The Bertz CT molecular complexity index is 1070. The average Bonchev–Trinajstić information content (AvgIpc) is 3.18. The molecule has 1 aliphatic rings. The number of ether oxygens (including phenoxy) is 2. The fourth-order valence-corrected chi connectivity index (χ4v) is 3.86. The average molecular weight is 446 g/mol. The van der Waals surface area contributed by atoms with E-state index in [9.17, 15) is 4.39 Å². The lowest BCUT2D eigenvalue weighted by Gasteiger charge is -2.16. The summed E-state index contributed by atoms with van der Waals surface area (Å²) in [5, 5.41) is 3.96. The van der Waals surface area contributed by atoms with E-state index in [0.717, 1.165) is 37.9 Å². The van der Waals surface area contributed by atoms with Crippen LogP contribution in [0.3, 0.4) is 0 Å². The minimum atomic E-state index is -0.476. The number of nitrogens with zero attached hydrogens (tertiary/aromatic N) is 3. The maximum absolute atomic E-state index is 13.5. The van der Waals surface area contributed by atoms with E-state index < -0.39 is 5.82 Å². The Labute approximate surface area is 185 Å². The second kappa shape index (κ2) is 9.64. The van der Waals surface area contributed by atoms with Crippen molar-refractivity contribution in [1.82, 2.24) is 14.9 Å². The maximum Gasteiger partial charge on any atom is 0.162 e. The van der Waals surface area contributed by atoms with Gasteiger partial charge in [-0.2, -0.15) is 0 Å². The summed E-state index contributed by atoms with van der Waals surface area (Å²) in [5.74, 6) is 1.30. The van der Waals surface area contributed by atoms with Gasteiger partial charge in [-0.1, -0.05) is 11.6 Å². The van der Waals surface area contributed by atoms with Gasteiger partial charge in [0, 0.05) is 36.3 Å². The number of nitrogens with two attached hydrogens (primary N) is 1. The second-order valence-electron chi connectivity index (χ2n) is 7.55. The lowest BCUT2D eigenvalue weighted by molar-refractivity contribution is 0.253. The highest BCUT2D eigenvalue weighted by Gasteiger charge is 2.18. The summed E-state index contributed by atoms with van der Waals surface area (Å²) in [6, 6.07) is 8.36. The van der Waals surface area contributed by atoms with E-state index in [-0.39, 0.29) is 11.1 Å². The van der Waals surface area contributed by atoms with Gasteiger partial charge < -0.3 is 25.4 Å². The minimum absolute atomic E-state index is 0.0352. The van der Waals surface area contributed by atoms with E-state index in [1.54, 1.807) is 13.2 Å². The first-order valence-corrected chi connectivity index (χ1v) is 10.6. The van der Waals surface area contributed by atoms with Crippen LogP contribution in [-0.4, -0.2) is 54.3 Å². The third-order valence-electron chi connectivity index (χ3n) is 5.29. The van der Waals surface area contributed by atoms with Crippen LogP contribution >= 0.6 is 11.6 Å². The number of aromatic nitrogens is 2. The van der Waals surface area contributed by atoms with E-state index in [4.69, 9.17) is 26.8 Å². The number of halogens is 2. The third-order valence-corrected chi connectivity index (χ3v) is 5.58. The lowest BCUT2D eigenvalue weighted by atomic mass is 10.2. The number of anilines is 2. The highest BCUT2D eigenvalue weighted by Crippen LogP contribution is 2.35. The zero-order valence-corrected chi connectivity index (χ0v) is 18.0. The molecule has 2 heterocycles. The Morgan fingerprint density at radius 1 is 1.26 bits per heavy atom. The molecule has 164 valence electrons. The molecule has 1 saturated heterocycles. The Morgan fingerprint density at radius 2 is 2.13 bits per heavy atom. The quantitative estimate of drug-likeness (QED) is 0.507. The Kier molecular flexibility index (Phi) is 6.70. The van der Waals surface area contributed by atoms with Crippen molar-refractivity contribution in [2.45, 2.75) is 18.9 Å². The molecule has 0 radical (unpaired) electrons. The molecular formula is C22H25ClFN5O2. The minimum Gasteiger partial charge on any atom is -0.493 e. The molecule has 0 bridgehead atoms. The first-order valence-electron chi connectivity index (χ1n) is 10.2. The van der Waals surface area contributed by atoms with Crippen LogP contribution in [0, 0.1) is 5.82 Å². The zero-order chi connectivity index (χ0) is 21.8. The van der Waals surface area contributed by atoms with Crippen LogP contribution in [0.2, 0.25) is 5.02 Å². The molecule has 9 heteroatoms. The van der Waals surface area contributed by atoms with Crippen LogP contribution in [0.15, 0.2) is 36.7 Å². The molecule has 0 saturated carbocycles. The van der Waals surface area contributed by atoms with Crippen molar-refractivity contribution < 1.29 is 13.9 Å². The smallest absolute Gasteiger partial charge is 0.162 e. The van der Waals surface area contributed by atoms with Gasteiger partial charge in [-0.05, 0) is 43.7 Å². The highest BCUT2D eigenvalue weighted by atomic mass is 35.5. The summed E-state index contributed by atoms with van der Waals surface area (Å²) in [6.07, 6.45) is 3.39. The van der Waals surface area contributed by atoms with Crippen LogP contribution in [0.4, 0.5) is 15.9 Å². The molecule has 1 unspecified atom stereocenters. The summed E-state index contributed by atoms with van der Waals surface area (Å²) >= 11 is 5.89. The van der Waals surface area contributed by atoms with Gasteiger partial charge in [0.2, 0.25) is 0 Å². The highest BCUT2D eigenvalue weighted by molar-refractivity contribution is 6.31. The molecule has 1 atom stereocenters. The maximum atomic E-state index is 13.5. The van der Waals surface area contributed by atoms with Gasteiger partial charge in [-0.25, -0.2) is 14.4 Å². The van der Waals surface area contributed by atoms with E-state index >= 15 is 0 Å². The Morgan fingerprint density at radius 3 is 2.87 bits per heavy atom. The van der Waals surface area contributed by atoms with Gasteiger partial charge in [-0.3, -0.25) is 0 Å². The predicted molar refractivity (Wildman–Crippen MR) is 120 cm³/mol. The van der Waals surface area contributed by atoms with Crippen molar-refractivity contribution in [2.75, 3.05) is 38.7 Å². The SMILES string of the molecule is COc1cc2ncnc(Nc3ccc(F)c(Cl)c3)c2cc1OCCCN1CCC(N)C1. The molecule has 3 aromatic rings. The van der Waals surface area contributed by atoms with Gasteiger partial charge in [0.05, 0.1) is 24.3 Å². The molecule has 4 rings (SSSR count). The standard InChI is InChI=1S/C22H25ClFN5O2/c1-30-20-11-19-16(10-21(20)31-8-2-6-29-7-5-14(25)12-29)22(27-13-26-19)28-15-3-4-18(24)17(23)9-15/h3-4,9-11,13-14H,2,5-8,12,25H2,1H3,(H,26,27,28).